The molecule has 2 rings (SSSR count). The zero-order valence-corrected chi connectivity index (χ0v) is 15.4. The van der Waals surface area contributed by atoms with Gasteiger partial charge >= 0.3 is 6.61 Å². The molecule has 8 heteroatoms. The first-order chi connectivity index (χ1) is 12.9. The van der Waals surface area contributed by atoms with E-state index in [1.54, 1.807) is 55.5 Å². The standard InChI is InChI=1S/C19H22F2N2O4/c1-23(12-18(24)22-14-5-4-6-15(10-14)25-2)11-13-7-8-16(27-19(20)21)17(9-13)26-3/h4-10,19H,11-12H2,1-3H3,(H,22,24). The Labute approximate surface area is 156 Å². The highest BCUT2D eigenvalue weighted by Gasteiger charge is 2.13. The minimum atomic E-state index is -2.92. The predicted octanol–water partition coefficient (Wildman–Crippen LogP) is 3.38. The fourth-order valence-corrected chi connectivity index (χ4v) is 2.52. The summed E-state index contributed by atoms with van der Waals surface area (Å²) < 4.78 is 39.4. The van der Waals surface area contributed by atoms with Gasteiger partial charge in [0.05, 0.1) is 20.8 Å². The van der Waals surface area contributed by atoms with Gasteiger partial charge in [0.2, 0.25) is 5.91 Å². The number of halogens is 2. The van der Waals surface area contributed by atoms with Crippen molar-refractivity contribution in [1.82, 2.24) is 4.90 Å². The number of nitrogens with zero attached hydrogens (tertiary/aromatic N) is 1. The van der Waals surface area contributed by atoms with Gasteiger partial charge in [0.25, 0.3) is 0 Å². The fraction of sp³-hybridized carbons (Fsp3) is 0.316. The first-order valence-corrected chi connectivity index (χ1v) is 8.15. The van der Waals surface area contributed by atoms with Gasteiger partial charge in [0, 0.05) is 18.3 Å². The third-order valence-electron chi connectivity index (χ3n) is 3.66. The van der Waals surface area contributed by atoms with E-state index < -0.39 is 6.61 Å². The first kappa shape index (κ1) is 20.4. The number of amides is 1. The molecule has 2 aromatic carbocycles. The van der Waals surface area contributed by atoms with E-state index in [9.17, 15) is 13.6 Å². The third-order valence-corrected chi connectivity index (χ3v) is 3.66. The summed E-state index contributed by atoms with van der Waals surface area (Å²) in [5, 5.41) is 2.80. The molecule has 6 nitrogen and oxygen atoms in total. The summed E-state index contributed by atoms with van der Waals surface area (Å²) in [5.74, 6) is 0.645. The molecule has 0 aliphatic heterocycles. The van der Waals surface area contributed by atoms with Crippen LogP contribution in [0.1, 0.15) is 5.56 Å². The lowest BCUT2D eigenvalue weighted by Gasteiger charge is -2.18. The van der Waals surface area contributed by atoms with Crippen molar-refractivity contribution in [3.05, 3.63) is 48.0 Å². The molecule has 0 bridgehead atoms. The second-order valence-electron chi connectivity index (χ2n) is 5.82. The topological polar surface area (TPSA) is 60.0 Å². The highest BCUT2D eigenvalue weighted by atomic mass is 19.3. The Balaban J connectivity index is 1.94. The summed E-state index contributed by atoms with van der Waals surface area (Å²) in [5.41, 5.74) is 1.44. The predicted molar refractivity (Wildman–Crippen MR) is 97.6 cm³/mol. The number of hydrogen-bond acceptors (Lipinski definition) is 5. The number of methoxy groups -OCH3 is 2. The zero-order valence-electron chi connectivity index (χ0n) is 15.4. The van der Waals surface area contributed by atoms with Crippen LogP contribution in [0.25, 0.3) is 0 Å². The smallest absolute Gasteiger partial charge is 0.387 e. The Kier molecular flexibility index (Phi) is 7.36. The van der Waals surface area contributed by atoms with Crippen molar-refractivity contribution in [2.75, 3.05) is 33.1 Å². The van der Waals surface area contributed by atoms with Crippen molar-refractivity contribution in [1.29, 1.82) is 0 Å². The number of alkyl halides is 2. The molecule has 0 spiro atoms. The monoisotopic (exact) mass is 380 g/mol. The Morgan fingerprint density at radius 3 is 2.56 bits per heavy atom. The lowest BCUT2D eigenvalue weighted by Crippen LogP contribution is -2.29. The van der Waals surface area contributed by atoms with Crippen LogP contribution >= 0.6 is 0 Å². The van der Waals surface area contributed by atoms with Gasteiger partial charge in [-0.25, -0.2) is 0 Å². The number of carbonyl (C=O) groups is 1. The second kappa shape index (κ2) is 9.72. The largest absolute Gasteiger partial charge is 0.497 e. The Hall–Kier alpha value is -2.87. The summed E-state index contributed by atoms with van der Waals surface area (Å²) in [6.07, 6.45) is 0. The Morgan fingerprint density at radius 2 is 1.89 bits per heavy atom. The van der Waals surface area contributed by atoms with Crippen LogP contribution in [0.3, 0.4) is 0 Å². The highest BCUT2D eigenvalue weighted by molar-refractivity contribution is 5.92. The number of anilines is 1. The fourth-order valence-electron chi connectivity index (χ4n) is 2.52. The average molecular weight is 380 g/mol. The van der Waals surface area contributed by atoms with E-state index in [1.807, 2.05) is 0 Å². The molecule has 27 heavy (non-hydrogen) atoms. The third kappa shape index (κ3) is 6.41. The van der Waals surface area contributed by atoms with Crippen molar-refractivity contribution in [3.8, 4) is 17.2 Å². The van der Waals surface area contributed by atoms with E-state index in [1.165, 1.54) is 13.2 Å². The van der Waals surface area contributed by atoms with Gasteiger partial charge in [0.15, 0.2) is 11.5 Å². The van der Waals surface area contributed by atoms with E-state index in [4.69, 9.17) is 9.47 Å². The van der Waals surface area contributed by atoms with Crippen LogP contribution in [-0.2, 0) is 11.3 Å². The number of nitrogens with one attached hydrogen (secondary N) is 1. The lowest BCUT2D eigenvalue weighted by molar-refractivity contribution is -0.117. The van der Waals surface area contributed by atoms with Gasteiger partial charge in [-0.3, -0.25) is 9.69 Å². The second-order valence-corrected chi connectivity index (χ2v) is 5.82. The van der Waals surface area contributed by atoms with Crippen LogP contribution in [0, 0.1) is 0 Å². The van der Waals surface area contributed by atoms with E-state index in [-0.39, 0.29) is 24.0 Å². The zero-order chi connectivity index (χ0) is 19.8. The number of hydrogen-bond donors (Lipinski definition) is 1. The molecule has 0 aromatic heterocycles. The number of carbonyl (C=O) groups excluding carboxylic acids is 1. The Bertz CT molecular complexity index is 771. The molecule has 0 heterocycles. The maximum atomic E-state index is 12.4. The van der Waals surface area contributed by atoms with Crippen molar-refractivity contribution in [3.63, 3.8) is 0 Å². The molecule has 1 N–H and O–H groups in total. The van der Waals surface area contributed by atoms with Crippen molar-refractivity contribution < 1.29 is 27.8 Å². The molecule has 146 valence electrons. The highest BCUT2D eigenvalue weighted by Crippen LogP contribution is 2.29. The molecule has 0 atom stereocenters. The molecule has 0 unspecified atom stereocenters. The lowest BCUT2D eigenvalue weighted by atomic mass is 10.2. The maximum absolute atomic E-state index is 12.4. The normalized spacial score (nSPS) is 10.8. The van der Waals surface area contributed by atoms with E-state index in [0.717, 1.165) is 5.56 Å². The van der Waals surface area contributed by atoms with Crippen LogP contribution in [0.4, 0.5) is 14.5 Å². The van der Waals surface area contributed by atoms with E-state index in [2.05, 4.69) is 10.1 Å². The first-order valence-electron chi connectivity index (χ1n) is 8.15. The molecule has 0 saturated heterocycles. The van der Waals surface area contributed by atoms with Crippen LogP contribution in [-0.4, -0.2) is 45.2 Å². The minimum absolute atomic E-state index is 0.0327. The number of ether oxygens (including phenoxy) is 3. The van der Waals surface area contributed by atoms with Crippen LogP contribution in [0.2, 0.25) is 0 Å². The molecular formula is C19H22F2N2O4. The molecule has 1 amide bonds. The summed E-state index contributed by atoms with van der Waals surface area (Å²) in [7, 11) is 4.71. The summed E-state index contributed by atoms with van der Waals surface area (Å²) in [6.45, 7) is -2.35. The molecule has 0 radical (unpaired) electrons. The van der Waals surface area contributed by atoms with E-state index >= 15 is 0 Å². The number of likely N-dealkylation sites (N-methyl/N-ethyl adjacent to an activating group) is 1. The van der Waals surface area contributed by atoms with Crippen LogP contribution in [0.5, 0.6) is 17.2 Å². The summed E-state index contributed by atoms with van der Waals surface area (Å²) in [4.78, 5) is 14.0. The van der Waals surface area contributed by atoms with Crippen molar-refractivity contribution in [2.24, 2.45) is 0 Å². The molecule has 2 aromatic rings. The van der Waals surface area contributed by atoms with Crippen molar-refractivity contribution in [2.45, 2.75) is 13.2 Å². The maximum Gasteiger partial charge on any atom is 0.387 e. The number of rotatable bonds is 9. The SMILES string of the molecule is COc1cccc(NC(=O)CN(C)Cc2ccc(OC(F)F)c(OC)c2)c1. The van der Waals surface area contributed by atoms with Gasteiger partial charge in [-0.2, -0.15) is 8.78 Å². The Morgan fingerprint density at radius 1 is 1.11 bits per heavy atom. The van der Waals surface area contributed by atoms with Crippen LogP contribution < -0.4 is 19.5 Å². The average Bonchev–Trinajstić information content (AvgIpc) is 2.62. The number of benzene rings is 2. The molecular weight excluding hydrogens is 358 g/mol. The van der Waals surface area contributed by atoms with Crippen molar-refractivity contribution >= 4 is 11.6 Å². The van der Waals surface area contributed by atoms with Crippen LogP contribution in [0.15, 0.2) is 42.5 Å². The van der Waals surface area contributed by atoms with Gasteiger partial charge in [0.1, 0.15) is 5.75 Å². The van der Waals surface area contributed by atoms with Gasteiger partial charge in [-0.15, -0.1) is 0 Å². The molecule has 0 aliphatic rings. The molecule has 0 fully saturated rings. The molecule has 0 saturated carbocycles. The summed E-state index contributed by atoms with van der Waals surface area (Å²) in [6, 6.07) is 11.7. The molecule has 0 aliphatic carbocycles. The quantitative estimate of drug-likeness (QED) is 0.723. The van der Waals surface area contributed by atoms with Gasteiger partial charge in [-0.1, -0.05) is 12.1 Å². The van der Waals surface area contributed by atoms with Gasteiger partial charge in [-0.05, 0) is 36.9 Å². The van der Waals surface area contributed by atoms with Gasteiger partial charge < -0.3 is 19.5 Å². The minimum Gasteiger partial charge on any atom is -0.497 e. The van der Waals surface area contributed by atoms with E-state index in [0.29, 0.717) is 18.0 Å². The summed E-state index contributed by atoms with van der Waals surface area (Å²) >= 11 is 0.